The van der Waals surface area contributed by atoms with Gasteiger partial charge in [-0.1, -0.05) is 30.3 Å². The van der Waals surface area contributed by atoms with Crippen LogP contribution in [0.4, 0.5) is 5.69 Å². The van der Waals surface area contributed by atoms with Gasteiger partial charge in [0.05, 0.1) is 11.5 Å². The van der Waals surface area contributed by atoms with Gasteiger partial charge in [0.2, 0.25) is 0 Å². The molecule has 0 bridgehead atoms. The Labute approximate surface area is 164 Å². The van der Waals surface area contributed by atoms with Crippen LogP contribution in [0, 0.1) is 10.1 Å². The summed E-state index contributed by atoms with van der Waals surface area (Å²) in [7, 11) is 0. The molecule has 1 atom stereocenters. The van der Waals surface area contributed by atoms with Crippen molar-refractivity contribution in [3.63, 3.8) is 0 Å². The lowest BCUT2D eigenvalue weighted by atomic mass is 10.0. The lowest BCUT2D eigenvalue weighted by molar-refractivity contribution is -0.385. The van der Waals surface area contributed by atoms with E-state index in [4.69, 9.17) is 4.74 Å². The molecule has 2 aromatic rings. The third kappa shape index (κ3) is 5.07. The molecule has 1 N–H and O–H groups in total. The number of ether oxygens (including phenoxy) is 1. The fraction of sp³-hybridized carbons (Fsp3) is 0.381. The second-order valence-electron chi connectivity index (χ2n) is 6.91. The third-order valence-corrected chi connectivity index (χ3v) is 4.81. The smallest absolute Gasteiger partial charge is 0.311 e. The topological polar surface area (TPSA) is 84.7 Å². The molecule has 7 heteroatoms. The minimum atomic E-state index is -0.524. The average molecular weight is 383 g/mol. The highest BCUT2D eigenvalue weighted by Gasteiger charge is 2.24. The summed E-state index contributed by atoms with van der Waals surface area (Å²) in [6.07, 6.45) is 1.90. The number of piperidine rings is 1. The first-order valence-corrected chi connectivity index (χ1v) is 9.55. The summed E-state index contributed by atoms with van der Waals surface area (Å²) in [5.74, 6) is -0.117. The molecular formula is C21H25N3O4. The molecule has 0 aromatic heterocycles. The van der Waals surface area contributed by atoms with Crippen LogP contribution in [-0.2, 0) is 6.54 Å². The molecule has 1 fully saturated rings. The average Bonchev–Trinajstić information content (AvgIpc) is 2.69. The van der Waals surface area contributed by atoms with E-state index < -0.39 is 4.92 Å². The summed E-state index contributed by atoms with van der Waals surface area (Å²) in [6, 6.07) is 14.6. The van der Waals surface area contributed by atoms with Crippen molar-refractivity contribution < 1.29 is 14.5 Å². The van der Waals surface area contributed by atoms with Crippen LogP contribution >= 0.6 is 0 Å². The van der Waals surface area contributed by atoms with Gasteiger partial charge in [-0.05, 0) is 44.0 Å². The number of amides is 1. The predicted molar refractivity (Wildman–Crippen MR) is 106 cm³/mol. The zero-order valence-electron chi connectivity index (χ0n) is 16.0. The summed E-state index contributed by atoms with van der Waals surface area (Å²) in [5, 5.41) is 14.3. The maximum atomic E-state index is 12.6. The Morgan fingerprint density at radius 1 is 1.29 bits per heavy atom. The molecule has 2 aromatic carbocycles. The lowest BCUT2D eigenvalue weighted by Crippen LogP contribution is -2.47. The van der Waals surface area contributed by atoms with Gasteiger partial charge in [-0.2, -0.15) is 0 Å². The third-order valence-electron chi connectivity index (χ3n) is 4.81. The Morgan fingerprint density at radius 2 is 2.07 bits per heavy atom. The molecule has 3 rings (SSSR count). The fourth-order valence-electron chi connectivity index (χ4n) is 3.51. The standard InChI is InChI=1S/C21H25N3O4/c1-2-28-20-11-10-17(13-19(20)24(26)27)21(25)22-18-9-6-12-23(15-18)14-16-7-4-3-5-8-16/h3-5,7-8,10-11,13,18H,2,6,9,12,14-15H2,1H3,(H,22,25). The summed E-state index contributed by atoms with van der Waals surface area (Å²) in [5.41, 5.74) is 1.33. The van der Waals surface area contributed by atoms with E-state index in [-0.39, 0.29) is 28.9 Å². The van der Waals surface area contributed by atoms with E-state index in [1.54, 1.807) is 13.0 Å². The van der Waals surface area contributed by atoms with E-state index >= 15 is 0 Å². The molecular weight excluding hydrogens is 358 g/mol. The maximum Gasteiger partial charge on any atom is 0.311 e. The molecule has 7 nitrogen and oxygen atoms in total. The number of likely N-dealkylation sites (tertiary alicyclic amines) is 1. The summed E-state index contributed by atoms with van der Waals surface area (Å²) in [6.45, 7) is 4.69. The number of carbonyl (C=O) groups is 1. The van der Waals surface area contributed by atoms with E-state index in [1.165, 1.54) is 17.7 Å². The van der Waals surface area contributed by atoms with Crippen LogP contribution in [0.1, 0.15) is 35.7 Å². The number of benzene rings is 2. The Balaban J connectivity index is 1.63. The van der Waals surface area contributed by atoms with Gasteiger partial charge in [0.15, 0.2) is 5.75 Å². The first-order valence-electron chi connectivity index (χ1n) is 9.55. The van der Waals surface area contributed by atoms with Gasteiger partial charge in [0.1, 0.15) is 0 Å². The minimum absolute atomic E-state index is 0.0237. The number of nitrogens with zero attached hydrogens (tertiary/aromatic N) is 2. The monoisotopic (exact) mass is 383 g/mol. The van der Waals surface area contributed by atoms with Gasteiger partial charge >= 0.3 is 5.69 Å². The molecule has 1 heterocycles. The van der Waals surface area contributed by atoms with E-state index in [9.17, 15) is 14.9 Å². The summed E-state index contributed by atoms with van der Waals surface area (Å²) >= 11 is 0. The zero-order valence-corrected chi connectivity index (χ0v) is 16.0. The Morgan fingerprint density at radius 3 is 2.79 bits per heavy atom. The maximum absolute atomic E-state index is 12.6. The molecule has 1 aliphatic heterocycles. The van der Waals surface area contributed by atoms with E-state index in [2.05, 4.69) is 22.3 Å². The van der Waals surface area contributed by atoms with E-state index in [0.717, 1.165) is 32.5 Å². The van der Waals surface area contributed by atoms with Crippen LogP contribution in [0.15, 0.2) is 48.5 Å². The second kappa shape index (κ2) is 9.32. The number of hydrogen-bond acceptors (Lipinski definition) is 5. The van der Waals surface area contributed by atoms with Crippen molar-refractivity contribution in [1.82, 2.24) is 10.2 Å². The molecule has 0 aliphatic carbocycles. The second-order valence-corrected chi connectivity index (χ2v) is 6.91. The minimum Gasteiger partial charge on any atom is -0.487 e. The summed E-state index contributed by atoms with van der Waals surface area (Å²) < 4.78 is 5.27. The van der Waals surface area contributed by atoms with Gasteiger partial charge in [-0.15, -0.1) is 0 Å². The van der Waals surface area contributed by atoms with Crippen molar-refractivity contribution in [2.75, 3.05) is 19.7 Å². The predicted octanol–water partition coefficient (Wildman–Crippen LogP) is 3.39. The molecule has 1 unspecified atom stereocenters. The highest BCUT2D eigenvalue weighted by molar-refractivity contribution is 5.95. The van der Waals surface area contributed by atoms with Gasteiger partial charge in [0, 0.05) is 30.8 Å². The largest absolute Gasteiger partial charge is 0.487 e. The Hall–Kier alpha value is -2.93. The van der Waals surface area contributed by atoms with Crippen molar-refractivity contribution in [2.24, 2.45) is 0 Å². The van der Waals surface area contributed by atoms with E-state index in [0.29, 0.717) is 6.61 Å². The first-order chi connectivity index (χ1) is 13.6. The highest BCUT2D eigenvalue weighted by Crippen LogP contribution is 2.28. The number of nitrogens with one attached hydrogen (secondary N) is 1. The number of carbonyl (C=O) groups excluding carboxylic acids is 1. The molecule has 1 saturated heterocycles. The van der Waals surface area contributed by atoms with Gasteiger partial charge in [0.25, 0.3) is 5.91 Å². The van der Waals surface area contributed by atoms with Gasteiger partial charge in [-0.3, -0.25) is 19.8 Å². The number of nitro groups is 1. The molecule has 0 radical (unpaired) electrons. The summed E-state index contributed by atoms with van der Waals surface area (Å²) in [4.78, 5) is 25.7. The highest BCUT2D eigenvalue weighted by atomic mass is 16.6. The molecule has 1 amide bonds. The Kier molecular flexibility index (Phi) is 6.60. The van der Waals surface area contributed by atoms with Crippen LogP contribution in [0.25, 0.3) is 0 Å². The van der Waals surface area contributed by atoms with Crippen LogP contribution in [0.3, 0.4) is 0 Å². The number of nitro benzene ring substituents is 1. The van der Waals surface area contributed by atoms with Crippen LogP contribution in [0.5, 0.6) is 5.75 Å². The molecule has 148 valence electrons. The first kappa shape index (κ1) is 19.8. The number of hydrogen-bond donors (Lipinski definition) is 1. The lowest BCUT2D eigenvalue weighted by Gasteiger charge is -2.33. The molecule has 28 heavy (non-hydrogen) atoms. The van der Waals surface area contributed by atoms with Crippen molar-refractivity contribution in [3.05, 3.63) is 69.8 Å². The molecule has 0 spiro atoms. The normalized spacial score (nSPS) is 17.1. The van der Waals surface area contributed by atoms with Gasteiger partial charge in [-0.25, -0.2) is 0 Å². The Bertz CT molecular complexity index is 826. The van der Waals surface area contributed by atoms with Crippen LogP contribution in [-0.4, -0.2) is 41.5 Å². The van der Waals surface area contributed by atoms with Crippen molar-refractivity contribution in [3.8, 4) is 5.75 Å². The van der Waals surface area contributed by atoms with Crippen molar-refractivity contribution in [1.29, 1.82) is 0 Å². The quantitative estimate of drug-likeness (QED) is 0.585. The fourth-order valence-corrected chi connectivity index (χ4v) is 3.51. The zero-order chi connectivity index (χ0) is 19.9. The molecule has 1 aliphatic rings. The van der Waals surface area contributed by atoms with Crippen molar-refractivity contribution in [2.45, 2.75) is 32.4 Å². The molecule has 0 saturated carbocycles. The number of rotatable bonds is 7. The van der Waals surface area contributed by atoms with Crippen molar-refractivity contribution >= 4 is 11.6 Å². The van der Waals surface area contributed by atoms with Gasteiger partial charge < -0.3 is 10.1 Å². The SMILES string of the molecule is CCOc1ccc(C(=O)NC2CCCN(Cc3ccccc3)C2)cc1[N+](=O)[O-]. The van der Waals surface area contributed by atoms with E-state index in [1.807, 2.05) is 18.2 Å². The van der Waals surface area contributed by atoms with Crippen LogP contribution in [0.2, 0.25) is 0 Å². The van der Waals surface area contributed by atoms with Crippen LogP contribution < -0.4 is 10.1 Å².